The Hall–Kier alpha value is -1.81. The first-order chi connectivity index (χ1) is 9.13. The van der Waals surface area contributed by atoms with E-state index >= 15 is 0 Å². The summed E-state index contributed by atoms with van der Waals surface area (Å²) in [5.41, 5.74) is 1.68. The van der Waals surface area contributed by atoms with Crippen LogP contribution in [0.3, 0.4) is 0 Å². The Morgan fingerprint density at radius 2 is 1.89 bits per heavy atom. The molecular weight excluding hydrogens is 246 g/mol. The van der Waals surface area contributed by atoms with Crippen LogP contribution in [0, 0.1) is 18.6 Å². The standard InChI is InChI=1S/C15H16F2N2/c1-3-19-15(12-6-7-18-9-14(12)17)11-5-4-10(2)8-13(11)16/h4-9,15,19H,3H2,1-2H3. The Morgan fingerprint density at radius 3 is 2.53 bits per heavy atom. The molecule has 4 heteroatoms. The van der Waals surface area contributed by atoms with Gasteiger partial charge in [0.1, 0.15) is 11.6 Å². The maximum Gasteiger partial charge on any atom is 0.146 e. The normalized spacial score (nSPS) is 12.4. The van der Waals surface area contributed by atoms with E-state index in [-0.39, 0.29) is 5.82 Å². The molecule has 1 heterocycles. The summed E-state index contributed by atoms with van der Waals surface area (Å²) in [6.45, 7) is 4.33. The van der Waals surface area contributed by atoms with Gasteiger partial charge in [-0.05, 0) is 31.2 Å². The predicted octanol–water partition coefficient (Wildman–Crippen LogP) is 3.37. The van der Waals surface area contributed by atoms with Crippen LogP contribution in [-0.4, -0.2) is 11.5 Å². The largest absolute Gasteiger partial charge is 0.306 e. The molecule has 0 aliphatic carbocycles. The lowest BCUT2D eigenvalue weighted by atomic mass is 9.97. The molecule has 0 radical (unpaired) electrons. The van der Waals surface area contributed by atoms with E-state index in [0.29, 0.717) is 17.7 Å². The number of hydrogen-bond donors (Lipinski definition) is 1. The number of hydrogen-bond acceptors (Lipinski definition) is 2. The SMILES string of the molecule is CCNC(c1ccncc1F)c1ccc(C)cc1F. The van der Waals surface area contributed by atoms with Crippen molar-refractivity contribution in [2.45, 2.75) is 19.9 Å². The molecule has 19 heavy (non-hydrogen) atoms. The Balaban J connectivity index is 2.48. The first-order valence-corrected chi connectivity index (χ1v) is 6.22. The fourth-order valence-electron chi connectivity index (χ4n) is 2.08. The summed E-state index contributed by atoms with van der Waals surface area (Å²) in [6.07, 6.45) is 2.65. The van der Waals surface area contributed by atoms with Crippen LogP contribution in [0.25, 0.3) is 0 Å². The Bertz CT molecular complexity index is 570. The predicted molar refractivity (Wildman–Crippen MR) is 70.9 cm³/mol. The average Bonchev–Trinajstić information content (AvgIpc) is 2.38. The number of aryl methyl sites for hydroxylation is 1. The highest BCUT2D eigenvalue weighted by atomic mass is 19.1. The van der Waals surface area contributed by atoms with Crippen molar-refractivity contribution in [3.63, 3.8) is 0 Å². The van der Waals surface area contributed by atoms with Gasteiger partial charge in [0.25, 0.3) is 0 Å². The molecule has 2 rings (SSSR count). The van der Waals surface area contributed by atoms with Crippen LogP contribution in [0.5, 0.6) is 0 Å². The zero-order chi connectivity index (χ0) is 13.8. The molecule has 100 valence electrons. The summed E-state index contributed by atoms with van der Waals surface area (Å²) >= 11 is 0. The molecular formula is C15H16F2N2. The summed E-state index contributed by atoms with van der Waals surface area (Å²) in [4.78, 5) is 3.72. The molecule has 0 saturated carbocycles. The first kappa shape index (κ1) is 13.6. The molecule has 2 nitrogen and oxygen atoms in total. The molecule has 1 unspecified atom stereocenters. The van der Waals surface area contributed by atoms with Crippen molar-refractivity contribution < 1.29 is 8.78 Å². The third-order valence-electron chi connectivity index (χ3n) is 2.99. The highest BCUT2D eigenvalue weighted by Crippen LogP contribution is 2.26. The lowest BCUT2D eigenvalue weighted by Crippen LogP contribution is -2.24. The van der Waals surface area contributed by atoms with Crippen molar-refractivity contribution >= 4 is 0 Å². The second kappa shape index (κ2) is 5.89. The van der Waals surface area contributed by atoms with Crippen LogP contribution < -0.4 is 5.32 Å². The van der Waals surface area contributed by atoms with E-state index in [2.05, 4.69) is 10.3 Å². The number of aromatic nitrogens is 1. The van der Waals surface area contributed by atoms with Gasteiger partial charge in [-0.25, -0.2) is 8.78 Å². The van der Waals surface area contributed by atoms with Crippen LogP contribution in [0.2, 0.25) is 0 Å². The van der Waals surface area contributed by atoms with E-state index in [9.17, 15) is 8.78 Å². The van der Waals surface area contributed by atoms with Crippen molar-refractivity contribution in [1.82, 2.24) is 10.3 Å². The zero-order valence-electron chi connectivity index (χ0n) is 11.0. The van der Waals surface area contributed by atoms with E-state index < -0.39 is 11.9 Å². The van der Waals surface area contributed by atoms with Crippen molar-refractivity contribution in [2.75, 3.05) is 6.54 Å². The number of pyridine rings is 1. The van der Waals surface area contributed by atoms with Gasteiger partial charge in [-0.2, -0.15) is 0 Å². The van der Waals surface area contributed by atoms with Crippen molar-refractivity contribution in [3.8, 4) is 0 Å². The lowest BCUT2D eigenvalue weighted by molar-refractivity contribution is 0.528. The molecule has 0 spiro atoms. The molecule has 1 atom stereocenters. The molecule has 0 aliphatic rings. The maximum atomic E-state index is 14.1. The molecule has 0 saturated heterocycles. The number of nitrogens with one attached hydrogen (secondary N) is 1. The van der Waals surface area contributed by atoms with Crippen LogP contribution in [0.4, 0.5) is 8.78 Å². The summed E-state index contributed by atoms with van der Waals surface area (Å²) in [6, 6.07) is 6.04. The smallest absolute Gasteiger partial charge is 0.146 e. The minimum Gasteiger partial charge on any atom is -0.306 e. The quantitative estimate of drug-likeness (QED) is 0.913. The third-order valence-corrected chi connectivity index (χ3v) is 2.99. The molecule has 1 aromatic carbocycles. The van der Waals surface area contributed by atoms with E-state index in [4.69, 9.17) is 0 Å². The van der Waals surface area contributed by atoms with E-state index in [1.165, 1.54) is 12.3 Å². The zero-order valence-corrected chi connectivity index (χ0v) is 11.0. The van der Waals surface area contributed by atoms with Crippen LogP contribution >= 0.6 is 0 Å². The Morgan fingerprint density at radius 1 is 1.16 bits per heavy atom. The lowest BCUT2D eigenvalue weighted by Gasteiger charge is -2.20. The fourth-order valence-corrected chi connectivity index (χ4v) is 2.08. The number of rotatable bonds is 4. The summed E-state index contributed by atoms with van der Waals surface area (Å²) in [7, 11) is 0. The van der Waals surface area contributed by atoms with Gasteiger partial charge in [0, 0.05) is 17.3 Å². The van der Waals surface area contributed by atoms with Crippen molar-refractivity contribution in [2.24, 2.45) is 0 Å². The van der Waals surface area contributed by atoms with Crippen LogP contribution in [0.15, 0.2) is 36.7 Å². The number of halogens is 2. The van der Waals surface area contributed by atoms with Gasteiger partial charge in [-0.3, -0.25) is 4.98 Å². The van der Waals surface area contributed by atoms with Gasteiger partial charge in [-0.15, -0.1) is 0 Å². The summed E-state index contributed by atoms with van der Waals surface area (Å²) in [5.74, 6) is -0.768. The minimum atomic E-state index is -0.506. The first-order valence-electron chi connectivity index (χ1n) is 6.22. The van der Waals surface area contributed by atoms with E-state index in [0.717, 1.165) is 11.8 Å². The van der Waals surface area contributed by atoms with Gasteiger partial charge >= 0.3 is 0 Å². The molecule has 2 aromatic rings. The van der Waals surface area contributed by atoms with Crippen molar-refractivity contribution in [3.05, 3.63) is 65.0 Å². The van der Waals surface area contributed by atoms with E-state index in [1.807, 2.05) is 19.9 Å². The topological polar surface area (TPSA) is 24.9 Å². The number of nitrogens with zero attached hydrogens (tertiary/aromatic N) is 1. The Kier molecular flexibility index (Phi) is 4.22. The highest BCUT2D eigenvalue weighted by Gasteiger charge is 2.20. The molecule has 0 aliphatic heterocycles. The van der Waals surface area contributed by atoms with Gasteiger partial charge in [0.05, 0.1) is 12.2 Å². The molecule has 0 amide bonds. The molecule has 1 N–H and O–H groups in total. The van der Waals surface area contributed by atoms with Gasteiger partial charge < -0.3 is 5.32 Å². The molecule has 0 bridgehead atoms. The number of benzene rings is 1. The molecule has 1 aromatic heterocycles. The van der Waals surface area contributed by atoms with Gasteiger partial charge in [-0.1, -0.05) is 19.1 Å². The minimum absolute atomic E-state index is 0.331. The highest BCUT2D eigenvalue weighted by molar-refractivity contribution is 5.34. The Labute approximate surface area is 111 Å². The fraction of sp³-hybridized carbons (Fsp3) is 0.267. The second-order valence-electron chi connectivity index (χ2n) is 4.41. The summed E-state index contributed by atoms with van der Waals surface area (Å²) < 4.78 is 27.9. The third kappa shape index (κ3) is 2.96. The van der Waals surface area contributed by atoms with E-state index in [1.54, 1.807) is 12.1 Å². The average molecular weight is 262 g/mol. The summed E-state index contributed by atoms with van der Waals surface area (Å²) in [5, 5.41) is 3.11. The maximum absolute atomic E-state index is 14.1. The molecule has 0 fully saturated rings. The van der Waals surface area contributed by atoms with Gasteiger partial charge in [0.2, 0.25) is 0 Å². The van der Waals surface area contributed by atoms with Crippen LogP contribution in [0.1, 0.15) is 29.7 Å². The van der Waals surface area contributed by atoms with Crippen molar-refractivity contribution in [1.29, 1.82) is 0 Å². The monoisotopic (exact) mass is 262 g/mol. The second-order valence-corrected chi connectivity index (χ2v) is 4.41. The van der Waals surface area contributed by atoms with Gasteiger partial charge in [0.15, 0.2) is 0 Å². The van der Waals surface area contributed by atoms with Crippen LogP contribution in [-0.2, 0) is 0 Å².